The van der Waals surface area contributed by atoms with Gasteiger partial charge in [-0.2, -0.15) is 5.10 Å². The maximum Gasteiger partial charge on any atom is 0.0586 e. The standard InChI is InChI=1S/C15H28N4O/c1-13-14(11-17-18(13)2)10-16-7-3-4-8-19-9-5-6-15(19)12-20/h11,15-16,20H,3-10,12H2,1-2H3. The zero-order valence-electron chi connectivity index (χ0n) is 12.8. The van der Waals surface area contributed by atoms with Crippen LogP contribution in [0, 0.1) is 6.92 Å². The van der Waals surface area contributed by atoms with Crippen LogP contribution in [0.25, 0.3) is 0 Å². The van der Waals surface area contributed by atoms with E-state index in [1.54, 1.807) is 0 Å². The molecule has 1 aromatic rings. The minimum atomic E-state index is 0.318. The van der Waals surface area contributed by atoms with E-state index >= 15 is 0 Å². The summed E-state index contributed by atoms with van der Waals surface area (Å²) in [4.78, 5) is 2.44. The third-order valence-corrected chi connectivity index (χ3v) is 4.41. The second kappa shape index (κ2) is 7.76. The number of aryl methyl sites for hydroxylation is 1. The highest BCUT2D eigenvalue weighted by atomic mass is 16.3. The van der Waals surface area contributed by atoms with Crippen LogP contribution in [0.4, 0.5) is 0 Å². The Morgan fingerprint density at radius 3 is 3.00 bits per heavy atom. The van der Waals surface area contributed by atoms with Crippen LogP contribution in [0.5, 0.6) is 0 Å². The van der Waals surface area contributed by atoms with Crippen LogP contribution in [0.15, 0.2) is 6.20 Å². The van der Waals surface area contributed by atoms with Gasteiger partial charge in [0.25, 0.3) is 0 Å². The van der Waals surface area contributed by atoms with E-state index in [0.717, 1.165) is 32.6 Å². The first kappa shape index (κ1) is 15.5. The van der Waals surface area contributed by atoms with Crippen LogP contribution in [0.1, 0.15) is 36.9 Å². The lowest BCUT2D eigenvalue weighted by Crippen LogP contribution is -2.33. The maximum absolute atomic E-state index is 9.27. The second-order valence-electron chi connectivity index (χ2n) is 5.78. The Balaban J connectivity index is 1.55. The molecule has 5 nitrogen and oxygen atoms in total. The van der Waals surface area contributed by atoms with E-state index in [1.165, 1.54) is 30.5 Å². The van der Waals surface area contributed by atoms with E-state index in [-0.39, 0.29) is 0 Å². The average molecular weight is 280 g/mol. The Bertz CT molecular complexity index is 405. The summed E-state index contributed by atoms with van der Waals surface area (Å²) in [5.74, 6) is 0. The second-order valence-corrected chi connectivity index (χ2v) is 5.78. The van der Waals surface area contributed by atoms with Gasteiger partial charge in [-0.3, -0.25) is 9.58 Å². The molecule has 1 aliphatic rings. The van der Waals surface area contributed by atoms with Crippen molar-refractivity contribution in [2.45, 2.75) is 45.2 Å². The summed E-state index contributed by atoms with van der Waals surface area (Å²) in [7, 11) is 1.98. The summed E-state index contributed by atoms with van der Waals surface area (Å²) in [5.41, 5.74) is 2.52. The molecule has 1 unspecified atom stereocenters. The predicted octanol–water partition coefficient (Wildman–Crippen LogP) is 1.06. The van der Waals surface area contributed by atoms with Crippen molar-refractivity contribution in [1.82, 2.24) is 20.0 Å². The Kier molecular flexibility index (Phi) is 6.01. The molecule has 1 saturated heterocycles. The summed E-state index contributed by atoms with van der Waals surface area (Å²) < 4.78 is 1.92. The van der Waals surface area contributed by atoms with Gasteiger partial charge >= 0.3 is 0 Å². The molecule has 2 heterocycles. The van der Waals surface area contributed by atoms with Crippen molar-refractivity contribution in [2.75, 3.05) is 26.2 Å². The van der Waals surface area contributed by atoms with Gasteiger partial charge < -0.3 is 10.4 Å². The highest BCUT2D eigenvalue weighted by molar-refractivity contribution is 5.15. The third kappa shape index (κ3) is 4.04. The van der Waals surface area contributed by atoms with E-state index < -0.39 is 0 Å². The van der Waals surface area contributed by atoms with Crippen molar-refractivity contribution < 1.29 is 5.11 Å². The van der Waals surface area contributed by atoms with Crippen LogP contribution in [0.3, 0.4) is 0 Å². The molecular formula is C15H28N4O. The highest BCUT2D eigenvalue weighted by Gasteiger charge is 2.22. The zero-order valence-corrected chi connectivity index (χ0v) is 12.8. The fourth-order valence-corrected chi connectivity index (χ4v) is 2.90. The number of hydrogen-bond acceptors (Lipinski definition) is 4. The molecule has 1 aliphatic heterocycles. The Labute approximate surface area is 122 Å². The van der Waals surface area contributed by atoms with Crippen molar-refractivity contribution in [3.05, 3.63) is 17.5 Å². The lowest BCUT2D eigenvalue weighted by Gasteiger charge is -2.22. The summed E-state index contributed by atoms with van der Waals surface area (Å²) in [6.07, 6.45) is 6.74. The van der Waals surface area contributed by atoms with Gasteiger partial charge in [-0.15, -0.1) is 0 Å². The molecule has 5 heteroatoms. The third-order valence-electron chi connectivity index (χ3n) is 4.41. The van der Waals surface area contributed by atoms with E-state index in [4.69, 9.17) is 0 Å². The van der Waals surface area contributed by atoms with Crippen LogP contribution in [0.2, 0.25) is 0 Å². The van der Waals surface area contributed by atoms with E-state index in [1.807, 2.05) is 17.9 Å². The number of likely N-dealkylation sites (tertiary alicyclic amines) is 1. The van der Waals surface area contributed by atoms with E-state index in [2.05, 4.69) is 22.2 Å². The molecule has 20 heavy (non-hydrogen) atoms. The molecule has 0 bridgehead atoms. The molecular weight excluding hydrogens is 252 g/mol. The fourth-order valence-electron chi connectivity index (χ4n) is 2.90. The van der Waals surface area contributed by atoms with Crippen molar-refractivity contribution in [2.24, 2.45) is 7.05 Å². The largest absolute Gasteiger partial charge is 0.395 e. The normalized spacial score (nSPS) is 19.9. The van der Waals surface area contributed by atoms with Gasteiger partial charge in [-0.05, 0) is 52.2 Å². The molecule has 2 N–H and O–H groups in total. The molecule has 1 atom stereocenters. The zero-order chi connectivity index (χ0) is 14.4. The Hall–Kier alpha value is -0.910. The first-order chi connectivity index (χ1) is 9.72. The molecule has 0 aliphatic carbocycles. The van der Waals surface area contributed by atoms with E-state index in [9.17, 15) is 5.11 Å². The van der Waals surface area contributed by atoms with Crippen molar-refractivity contribution in [3.63, 3.8) is 0 Å². The molecule has 114 valence electrons. The van der Waals surface area contributed by atoms with E-state index in [0.29, 0.717) is 12.6 Å². The van der Waals surface area contributed by atoms with Crippen LogP contribution in [-0.2, 0) is 13.6 Å². The van der Waals surface area contributed by atoms with Crippen LogP contribution in [-0.4, -0.2) is 52.1 Å². The number of nitrogens with zero attached hydrogens (tertiary/aromatic N) is 3. The number of aromatic nitrogens is 2. The van der Waals surface area contributed by atoms with Gasteiger partial charge in [0.2, 0.25) is 0 Å². The molecule has 0 saturated carbocycles. The minimum absolute atomic E-state index is 0.318. The number of nitrogens with one attached hydrogen (secondary N) is 1. The van der Waals surface area contributed by atoms with Crippen molar-refractivity contribution >= 4 is 0 Å². The smallest absolute Gasteiger partial charge is 0.0586 e. The molecule has 0 radical (unpaired) electrons. The SMILES string of the molecule is Cc1c(CNCCCCN2CCCC2CO)cnn1C. The van der Waals surface area contributed by atoms with Gasteiger partial charge in [0.1, 0.15) is 0 Å². The van der Waals surface area contributed by atoms with Gasteiger partial charge in [0.05, 0.1) is 12.8 Å². The first-order valence-electron chi connectivity index (χ1n) is 7.75. The van der Waals surface area contributed by atoms with Gasteiger partial charge in [0.15, 0.2) is 0 Å². The molecule has 2 rings (SSSR count). The molecule has 0 spiro atoms. The first-order valence-corrected chi connectivity index (χ1v) is 7.75. The molecule has 0 amide bonds. The summed E-state index contributed by atoms with van der Waals surface area (Å²) in [5, 5.41) is 17.0. The number of aliphatic hydroxyl groups excluding tert-OH is 1. The summed E-state index contributed by atoms with van der Waals surface area (Å²) in [6, 6.07) is 0.418. The van der Waals surface area contributed by atoms with Crippen LogP contribution < -0.4 is 5.32 Å². The van der Waals surface area contributed by atoms with Crippen molar-refractivity contribution in [1.29, 1.82) is 0 Å². The average Bonchev–Trinajstić information content (AvgIpc) is 3.03. The fraction of sp³-hybridized carbons (Fsp3) is 0.800. The number of unbranched alkanes of at least 4 members (excludes halogenated alkanes) is 1. The summed E-state index contributed by atoms with van der Waals surface area (Å²) >= 11 is 0. The summed E-state index contributed by atoms with van der Waals surface area (Å²) in [6.45, 7) is 6.66. The number of rotatable bonds is 8. The van der Waals surface area contributed by atoms with Crippen LogP contribution >= 0.6 is 0 Å². The number of hydrogen-bond donors (Lipinski definition) is 2. The minimum Gasteiger partial charge on any atom is -0.395 e. The van der Waals surface area contributed by atoms with Crippen molar-refractivity contribution in [3.8, 4) is 0 Å². The number of aliphatic hydroxyl groups is 1. The van der Waals surface area contributed by atoms with Gasteiger partial charge in [-0.1, -0.05) is 0 Å². The lowest BCUT2D eigenvalue weighted by molar-refractivity contribution is 0.157. The molecule has 1 aromatic heterocycles. The highest BCUT2D eigenvalue weighted by Crippen LogP contribution is 2.16. The maximum atomic E-state index is 9.27. The Morgan fingerprint density at radius 2 is 2.30 bits per heavy atom. The topological polar surface area (TPSA) is 53.3 Å². The van der Waals surface area contributed by atoms with Gasteiger partial charge in [0, 0.05) is 30.9 Å². The molecule has 0 aromatic carbocycles. The molecule has 1 fully saturated rings. The monoisotopic (exact) mass is 280 g/mol. The quantitative estimate of drug-likeness (QED) is 0.699. The lowest BCUT2D eigenvalue weighted by atomic mass is 10.2. The van der Waals surface area contributed by atoms with Gasteiger partial charge in [-0.25, -0.2) is 0 Å². The Morgan fingerprint density at radius 1 is 1.45 bits per heavy atom. The predicted molar refractivity (Wildman–Crippen MR) is 80.6 cm³/mol.